The number of aliphatic hydroxyl groups is 1. The quantitative estimate of drug-likeness (QED) is 0.657. The lowest BCUT2D eigenvalue weighted by Crippen LogP contribution is -2.26. The minimum Gasteiger partial charge on any atom is -0.496 e. The van der Waals surface area contributed by atoms with Crippen LogP contribution in [0.5, 0.6) is 5.75 Å². The summed E-state index contributed by atoms with van der Waals surface area (Å²) in [5.41, 5.74) is 0.592. The predicted octanol–water partition coefficient (Wildman–Crippen LogP) is 2.94. The fourth-order valence-corrected chi connectivity index (χ4v) is 1.80. The Bertz CT molecular complexity index is 451. The van der Waals surface area contributed by atoms with E-state index >= 15 is 0 Å². The van der Waals surface area contributed by atoms with Gasteiger partial charge in [-0.25, -0.2) is 0 Å². The first-order valence-corrected chi connectivity index (χ1v) is 6.25. The molecule has 0 fully saturated rings. The van der Waals surface area contributed by atoms with Crippen molar-refractivity contribution >= 4 is 5.69 Å². The molecular formula is C14H21NO4. The van der Waals surface area contributed by atoms with Gasteiger partial charge in [0.15, 0.2) is 0 Å². The third-order valence-electron chi connectivity index (χ3n) is 3.16. The van der Waals surface area contributed by atoms with Crippen LogP contribution in [0.2, 0.25) is 0 Å². The summed E-state index contributed by atoms with van der Waals surface area (Å²) in [6, 6.07) is 4.52. The highest BCUT2D eigenvalue weighted by Gasteiger charge is 2.22. The summed E-state index contributed by atoms with van der Waals surface area (Å²) in [4.78, 5) is 10.3. The molecule has 0 saturated carbocycles. The molecule has 106 valence electrons. The lowest BCUT2D eigenvalue weighted by Gasteiger charge is -2.25. The molecule has 1 unspecified atom stereocenters. The van der Waals surface area contributed by atoms with E-state index in [0.29, 0.717) is 18.6 Å². The second-order valence-electron chi connectivity index (χ2n) is 5.67. The van der Waals surface area contributed by atoms with Gasteiger partial charge in [-0.1, -0.05) is 20.8 Å². The summed E-state index contributed by atoms with van der Waals surface area (Å²) in [6.45, 7) is 5.88. The summed E-state index contributed by atoms with van der Waals surface area (Å²) in [6.07, 6.45) is 0.626. The van der Waals surface area contributed by atoms with Crippen molar-refractivity contribution in [2.24, 2.45) is 5.41 Å². The number of aryl methyl sites for hydroxylation is 1. The Kier molecular flexibility index (Phi) is 4.89. The molecular weight excluding hydrogens is 246 g/mol. The molecule has 1 N–H and O–H groups in total. The Hall–Kier alpha value is -1.62. The second-order valence-corrected chi connectivity index (χ2v) is 5.67. The molecule has 1 atom stereocenters. The number of benzene rings is 1. The summed E-state index contributed by atoms with van der Waals surface area (Å²) in [5, 5.41) is 20.8. The molecule has 0 aliphatic carbocycles. The summed E-state index contributed by atoms with van der Waals surface area (Å²) < 4.78 is 5.19. The van der Waals surface area contributed by atoms with Crippen LogP contribution in [0.15, 0.2) is 18.2 Å². The Morgan fingerprint density at radius 3 is 2.53 bits per heavy atom. The smallest absolute Gasteiger partial charge is 0.269 e. The van der Waals surface area contributed by atoms with E-state index in [9.17, 15) is 15.2 Å². The molecule has 1 aromatic carbocycles. The molecule has 0 bridgehead atoms. The first-order valence-electron chi connectivity index (χ1n) is 6.25. The molecule has 0 aliphatic rings. The summed E-state index contributed by atoms with van der Waals surface area (Å²) in [7, 11) is 1.53. The minimum absolute atomic E-state index is 0.0426. The Labute approximate surface area is 113 Å². The summed E-state index contributed by atoms with van der Waals surface area (Å²) >= 11 is 0. The molecule has 0 heterocycles. The van der Waals surface area contributed by atoms with Gasteiger partial charge in [0.25, 0.3) is 5.69 Å². The van der Waals surface area contributed by atoms with Crippen molar-refractivity contribution in [2.45, 2.75) is 39.7 Å². The molecule has 5 heteroatoms. The highest BCUT2D eigenvalue weighted by atomic mass is 16.6. The average molecular weight is 267 g/mol. The van der Waals surface area contributed by atoms with Gasteiger partial charge in [0.05, 0.1) is 18.1 Å². The van der Waals surface area contributed by atoms with Crippen LogP contribution < -0.4 is 4.74 Å². The molecule has 0 spiro atoms. The molecule has 0 radical (unpaired) electrons. The van der Waals surface area contributed by atoms with Gasteiger partial charge in [0.2, 0.25) is 0 Å². The maximum Gasteiger partial charge on any atom is 0.269 e. The van der Waals surface area contributed by atoms with E-state index < -0.39 is 11.0 Å². The molecule has 19 heavy (non-hydrogen) atoms. The minimum atomic E-state index is -0.462. The SMILES string of the molecule is COc1ccc([N+](=O)[O-])cc1CCC(O)C(C)(C)C. The van der Waals surface area contributed by atoms with Crippen LogP contribution in [0.25, 0.3) is 0 Å². The van der Waals surface area contributed by atoms with Crippen molar-refractivity contribution in [3.05, 3.63) is 33.9 Å². The number of hydrogen-bond acceptors (Lipinski definition) is 4. The van der Waals surface area contributed by atoms with Crippen molar-refractivity contribution in [3.8, 4) is 5.75 Å². The van der Waals surface area contributed by atoms with Crippen molar-refractivity contribution in [2.75, 3.05) is 7.11 Å². The van der Waals surface area contributed by atoms with Crippen LogP contribution in [0.4, 0.5) is 5.69 Å². The van der Waals surface area contributed by atoms with E-state index in [0.717, 1.165) is 5.56 Å². The maximum atomic E-state index is 10.8. The number of methoxy groups -OCH3 is 1. The van der Waals surface area contributed by atoms with E-state index in [1.165, 1.54) is 19.2 Å². The average Bonchev–Trinajstić information content (AvgIpc) is 2.34. The summed E-state index contributed by atoms with van der Waals surface area (Å²) in [5.74, 6) is 0.617. The van der Waals surface area contributed by atoms with E-state index in [-0.39, 0.29) is 11.1 Å². The number of nitro groups is 1. The highest BCUT2D eigenvalue weighted by Crippen LogP contribution is 2.28. The van der Waals surface area contributed by atoms with Crippen molar-refractivity contribution < 1.29 is 14.8 Å². The lowest BCUT2D eigenvalue weighted by atomic mass is 9.85. The van der Waals surface area contributed by atoms with Crippen molar-refractivity contribution in [1.29, 1.82) is 0 Å². The molecule has 0 aliphatic heterocycles. The molecule has 1 aromatic rings. The zero-order valence-corrected chi connectivity index (χ0v) is 11.8. The number of non-ortho nitro benzene ring substituents is 1. The van der Waals surface area contributed by atoms with Crippen molar-refractivity contribution in [3.63, 3.8) is 0 Å². The second kappa shape index (κ2) is 6.02. The van der Waals surface area contributed by atoms with E-state index in [1.807, 2.05) is 20.8 Å². The molecule has 0 amide bonds. The first-order chi connectivity index (χ1) is 8.75. The monoisotopic (exact) mass is 267 g/mol. The van der Waals surface area contributed by atoms with E-state index in [4.69, 9.17) is 4.74 Å². The molecule has 5 nitrogen and oxygen atoms in total. The van der Waals surface area contributed by atoms with Crippen LogP contribution in [-0.4, -0.2) is 23.2 Å². The zero-order chi connectivity index (χ0) is 14.6. The van der Waals surface area contributed by atoms with Gasteiger partial charge >= 0.3 is 0 Å². The molecule has 0 saturated heterocycles. The van der Waals surface area contributed by atoms with Crippen molar-refractivity contribution in [1.82, 2.24) is 0 Å². The topological polar surface area (TPSA) is 72.6 Å². The fourth-order valence-electron chi connectivity index (χ4n) is 1.80. The normalized spacial score (nSPS) is 13.1. The zero-order valence-electron chi connectivity index (χ0n) is 11.8. The van der Waals surface area contributed by atoms with Gasteiger partial charge in [-0.3, -0.25) is 10.1 Å². The fraction of sp³-hybridized carbons (Fsp3) is 0.571. The third-order valence-corrected chi connectivity index (χ3v) is 3.16. The van der Waals surface area contributed by atoms with Crippen LogP contribution in [0.1, 0.15) is 32.8 Å². The molecule has 0 aromatic heterocycles. The van der Waals surface area contributed by atoms with Crippen LogP contribution in [0.3, 0.4) is 0 Å². The Morgan fingerprint density at radius 1 is 1.42 bits per heavy atom. The number of nitro benzene ring substituents is 1. The number of aliphatic hydroxyl groups excluding tert-OH is 1. The standard InChI is InChI=1S/C14H21NO4/c1-14(2,3)13(16)8-5-10-9-11(15(17)18)6-7-12(10)19-4/h6-7,9,13,16H,5,8H2,1-4H3. The first kappa shape index (κ1) is 15.4. The van der Waals surface area contributed by atoms with Gasteiger partial charge < -0.3 is 9.84 Å². The third kappa shape index (κ3) is 4.21. The highest BCUT2D eigenvalue weighted by molar-refractivity contribution is 5.43. The van der Waals surface area contributed by atoms with Gasteiger partial charge in [-0.2, -0.15) is 0 Å². The van der Waals surface area contributed by atoms with Gasteiger partial charge in [0.1, 0.15) is 5.75 Å². The van der Waals surface area contributed by atoms with Gasteiger partial charge in [0, 0.05) is 17.7 Å². The van der Waals surface area contributed by atoms with Gasteiger partial charge in [-0.05, 0) is 24.3 Å². The van der Waals surface area contributed by atoms with E-state index in [2.05, 4.69) is 0 Å². The maximum absolute atomic E-state index is 10.8. The Balaban J connectivity index is 2.87. The number of hydrogen-bond donors (Lipinski definition) is 1. The largest absolute Gasteiger partial charge is 0.496 e. The van der Waals surface area contributed by atoms with E-state index in [1.54, 1.807) is 6.07 Å². The number of rotatable bonds is 5. The van der Waals surface area contributed by atoms with Crippen LogP contribution in [0, 0.1) is 15.5 Å². The number of nitrogens with zero attached hydrogens (tertiary/aromatic N) is 1. The van der Waals surface area contributed by atoms with Crippen LogP contribution >= 0.6 is 0 Å². The number of ether oxygens (including phenoxy) is 1. The molecule has 1 rings (SSSR count). The predicted molar refractivity (Wildman–Crippen MR) is 73.4 cm³/mol. The lowest BCUT2D eigenvalue weighted by molar-refractivity contribution is -0.384. The Morgan fingerprint density at radius 2 is 2.05 bits per heavy atom. The van der Waals surface area contributed by atoms with Gasteiger partial charge in [-0.15, -0.1) is 0 Å². The van der Waals surface area contributed by atoms with Crippen LogP contribution in [-0.2, 0) is 6.42 Å².